The average molecular weight is 365 g/mol. The van der Waals surface area contributed by atoms with E-state index in [0.717, 1.165) is 48.5 Å². The molecule has 0 aromatic carbocycles. The number of aromatic nitrogens is 2. The number of pyridine rings is 1. The standard InChI is InChI=1S/C18H24N4O2.ClH/c1-3-15-14(17(4-2)24-21-15)10-18(23)22-9-8-20-12-16(22)13-6-5-7-19-11-13;/h5-7,11,16,20H,3-4,8-10,12H2,1-2H3;1H. The number of rotatable bonds is 5. The molecule has 1 fully saturated rings. The predicted molar refractivity (Wildman–Crippen MR) is 97.8 cm³/mol. The largest absolute Gasteiger partial charge is 0.361 e. The fraction of sp³-hybridized carbons (Fsp3) is 0.500. The number of aryl methyl sites for hydroxylation is 2. The summed E-state index contributed by atoms with van der Waals surface area (Å²) in [6.07, 6.45) is 5.48. The Bertz CT molecular complexity index is 668. The van der Waals surface area contributed by atoms with Gasteiger partial charge in [0.25, 0.3) is 0 Å². The van der Waals surface area contributed by atoms with Crippen molar-refractivity contribution in [3.8, 4) is 0 Å². The Morgan fingerprint density at radius 3 is 2.92 bits per heavy atom. The molecule has 1 amide bonds. The van der Waals surface area contributed by atoms with Gasteiger partial charge in [0, 0.05) is 44.0 Å². The van der Waals surface area contributed by atoms with Gasteiger partial charge < -0.3 is 14.7 Å². The van der Waals surface area contributed by atoms with Crippen LogP contribution in [0.3, 0.4) is 0 Å². The highest BCUT2D eigenvalue weighted by Gasteiger charge is 2.29. The summed E-state index contributed by atoms with van der Waals surface area (Å²) in [6.45, 7) is 6.33. The lowest BCUT2D eigenvalue weighted by atomic mass is 10.0. The van der Waals surface area contributed by atoms with Crippen LogP contribution in [0.2, 0.25) is 0 Å². The predicted octanol–water partition coefficient (Wildman–Crippen LogP) is 2.33. The second kappa shape index (κ2) is 8.97. The van der Waals surface area contributed by atoms with Crippen LogP contribution in [0.1, 0.15) is 42.5 Å². The molecule has 1 N–H and O–H groups in total. The van der Waals surface area contributed by atoms with Gasteiger partial charge in [0.1, 0.15) is 5.76 Å². The number of amides is 1. The first kappa shape index (κ1) is 19.4. The number of halogens is 1. The molecule has 3 heterocycles. The van der Waals surface area contributed by atoms with Crippen molar-refractivity contribution in [2.24, 2.45) is 0 Å². The fourth-order valence-electron chi connectivity index (χ4n) is 3.26. The molecule has 2 aromatic heterocycles. The lowest BCUT2D eigenvalue weighted by molar-refractivity contribution is -0.133. The van der Waals surface area contributed by atoms with Crippen LogP contribution in [-0.2, 0) is 24.1 Å². The first-order valence-corrected chi connectivity index (χ1v) is 8.61. The van der Waals surface area contributed by atoms with Crippen LogP contribution in [0.25, 0.3) is 0 Å². The number of nitrogens with zero attached hydrogens (tertiary/aromatic N) is 3. The maximum atomic E-state index is 13.0. The average Bonchev–Trinajstić information content (AvgIpc) is 3.04. The van der Waals surface area contributed by atoms with Gasteiger partial charge in [-0.1, -0.05) is 25.1 Å². The first-order chi connectivity index (χ1) is 11.7. The molecule has 1 saturated heterocycles. The van der Waals surface area contributed by atoms with E-state index in [1.807, 2.05) is 37.1 Å². The molecule has 0 aliphatic carbocycles. The molecule has 1 aliphatic heterocycles. The van der Waals surface area contributed by atoms with Crippen LogP contribution < -0.4 is 5.32 Å². The van der Waals surface area contributed by atoms with Crippen molar-refractivity contribution < 1.29 is 9.32 Å². The highest BCUT2D eigenvalue weighted by atomic mass is 35.5. The van der Waals surface area contributed by atoms with E-state index in [2.05, 4.69) is 15.5 Å². The van der Waals surface area contributed by atoms with E-state index in [9.17, 15) is 4.79 Å². The van der Waals surface area contributed by atoms with E-state index in [0.29, 0.717) is 13.0 Å². The monoisotopic (exact) mass is 364 g/mol. The topological polar surface area (TPSA) is 71.3 Å². The third kappa shape index (κ3) is 4.19. The van der Waals surface area contributed by atoms with Crippen molar-refractivity contribution >= 4 is 18.3 Å². The third-order valence-corrected chi connectivity index (χ3v) is 4.57. The minimum atomic E-state index is 0. The minimum absolute atomic E-state index is 0. The normalized spacial score (nSPS) is 17.2. The van der Waals surface area contributed by atoms with Crippen LogP contribution in [-0.4, -0.2) is 40.6 Å². The second-order valence-corrected chi connectivity index (χ2v) is 6.01. The molecule has 1 atom stereocenters. The highest BCUT2D eigenvalue weighted by molar-refractivity contribution is 5.85. The van der Waals surface area contributed by atoms with Crippen LogP contribution in [0.4, 0.5) is 0 Å². The molecule has 2 aromatic rings. The summed E-state index contributed by atoms with van der Waals surface area (Å²) in [5, 5.41) is 7.48. The molecular formula is C18H25ClN4O2. The molecule has 25 heavy (non-hydrogen) atoms. The first-order valence-electron chi connectivity index (χ1n) is 8.61. The van der Waals surface area contributed by atoms with Gasteiger partial charge in [-0.15, -0.1) is 12.4 Å². The Morgan fingerprint density at radius 2 is 2.24 bits per heavy atom. The van der Waals surface area contributed by atoms with E-state index < -0.39 is 0 Å². The van der Waals surface area contributed by atoms with Crippen LogP contribution in [0.5, 0.6) is 0 Å². The second-order valence-electron chi connectivity index (χ2n) is 6.01. The van der Waals surface area contributed by atoms with Gasteiger partial charge in [0.05, 0.1) is 18.2 Å². The summed E-state index contributed by atoms with van der Waals surface area (Å²) in [5.74, 6) is 0.950. The van der Waals surface area contributed by atoms with Gasteiger partial charge in [-0.25, -0.2) is 0 Å². The Kier molecular flexibility index (Phi) is 6.96. The van der Waals surface area contributed by atoms with E-state index >= 15 is 0 Å². The SMILES string of the molecule is CCc1noc(CC)c1CC(=O)N1CCNCC1c1cccnc1.Cl. The summed E-state index contributed by atoms with van der Waals surface area (Å²) in [7, 11) is 0. The molecule has 0 spiro atoms. The number of nitrogens with one attached hydrogen (secondary N) is 1. The molecule has 6 nitrogen and oxygen atoms in total. The number of carbonyl (C=O) groups excluding carboxylic acids is 1. The quantitative estimate of drug-likeness (QED) is 0.881. The lowest BCUT2D eigenvalue weighted by Gasteiger charge is -2.36. The third-order valence-electron chi connectivity index (χ3n) is 4.57. The van der Waals surface area contributed by atoms with E-state index in [1.165, 1.54) is 0 Å². The number of hydrogen-bond acceptors (Lipinski definition) is 5. The van der Waals surface area contributed by atoms with Crippen molar-refractivity contribution in [1.29, 1.82) is 0 Å². The molecule has 0 saturated carbocycles. The Morgan fingerprint density at radius 1 is 1.40 bits per heavy atom. The molecule has 3 rings (SSSR count). The molecule has 136 valence electrons. The van der Waals surface area contributed by atoms with Gasteiger partial charge in [0.2, 0.25) is 5.91 Å². The minimum Gasteiger partial charge on any atom is -0.361 e. The van der Waals surface area contributed by atoms with Crippen molar-refractivity contribution in [3.05, 3.63) is 47.1 Å². The van der Waals surface area contributed by atoms with Crippen LogP contribution >= 0.6 is 12.4 Å². The zero-order chi connectivity index (χ0) is 16.9. The Hall–Kier alpha value is -1.92. The van der Waals surface area contributed by atoms with Gasteiger partial charge in [-0.2, -0.15) is 0 Å². The summed E-state index contributed by atoms with van der Waals surface area (Å²) in [5.41, 5.74) is 2.93. The molecule has 0 radical (unpaired) electrons. The maximum Gasteiger partial charge on any atom is 0.227 e. The zero-order valence-electron chi connectivity index (χ0n) is 14.7. The van der Waals surface area contributed by atoms with E-state index in [4.69, 9.17) is 4.52 Å². The Labute approximate surface area is 154 Å². The van der Waals surface area contributed by atoms with Crippen molar-refractivity contribution in [2.75, 3.05) is 19.6 Å². The van der Waals surface area contributed by atoms with Gasteiger partial charge in [-0.3, -0.25) is 9.78 Å². The van der Waals surface area contributed by atoms with E-state index in [1.54, 1.807) is 6.20 Å². The van der Waals surface area contributed by atoms with Gasteiger partial charge in [-0.05, 0) is 18.1 Å². The molecule has 1 unspecified atom stereocenters. The van der Waals surface area contributed by atoms with Crippen molar-refractivity contribution in [3.63, 3.8) is 0 Å². The maximum absolute atomic E-state index is 13.0. The fourth-order valence-corrected chi connectivity index (χ4v) is 3.26. The molecule has 1 aliphatic rings. The molecular weight excluding hydrogens is 340 g/mol. The summed E-state index contributed by atoms with van der Waals surface area (Å²) >= 11 is 0. The van der Waals surface area contributed by atoms with Crippen molar-refractivity contribution in [1.82, 2.24) is 20.4 Å². The molecule has 0 bridgehead atoms. The molecule has 7 heteroatoms. The van der Waals surface area contributed by atoms with Gasteiger partial charge >= 0.3 is 0 Å². The number of piperazine rings is 1. The Balaban J connectivity index is 0.00000225. The summed E-state index contributed by atoms with van der Waals surface area (Å²) < 4.78 is 5.39. The summed E-state index contributed by atoms with van der Waals surface area (Å²) in [6, 6.07) is 3.96. The highest BCUT2D eigenvalue weighted by Crippen LogP contribution is 2.24. The van der Waals surface area contributed by atoms with Gasteiger partial charge in [0.15, 0.2) is 0 Å². The van der Waals surface area contributed by atoms with Crippen LogP contribution in [0.15, 0.2) is 29.0 Å². The van der Waals surface area contributed by atoms with Crippen molar-refractivity contribution in [2.45, 2.75) is 39.2 Å². The lowest BCUT2D eigenvalue weighted by Crippen LogP contribution is -2.49. The smallest absolute Gasteiger partial charge is 0.227 e. The number of carbonyl (C=O) groups is 1. The number of hydrogen-bond donors (Lipinski definition) is 1. The summed E-state index contributed by atoms with van der Waals surface area (Å²) in [4.78, 5) is 19.1. The van der Waals surface area contributed by atoms with E-state index in [-0.39, 0.29) is 24.4 Å². The van der Waals surface area contributed by atoms with Crippen LogP contribution in [0, 0.1) is 0 Å². The zero-order valence-corrected chi connectivity index (χ0v) is 15.5.